The van der Waals surface area contributed by atoms with Crippen LogP contribution in [-0.4, -0.2) is 17.0 Å². The molecule has 2 fully saturated rings. The summed E-state index contributed by atoms with van der Waals surface area (Å²) in [5.41, 5.74) is 3.04. The second-order valence-corrected chi connectivity index (χ2v) is 6.83. The molecular weight excluding hydrogens is 266 g/mol. The predicted molar refractivity (Wildman–Crippen MR) is 91.9 cm³/mol. The van der Waals surface area contributed by atoms with Gasteiger partial charge in [0.1, 0.15) is 0 Å². The lowest BCUT2D eigenvalue weighted by atomic mass is 9.88. The van der Waals surface area contributed by atoms with Crippen LogP contribution in [0.4, 0.5) is 0 Å². The Morgan fingerprint density at radius 3 is 2.14 bits per heavy atom. The standard InChI is InChI=1S/C21H25N/c1-2-18-13-14-20-19(16-9-5-3-6-10-16)15-21(22(18)20)17-11-7-4-8-12-17/h3-12,18-21H,2,13-15H2,1H3/t18-,19+,20+,21-/m0/s1. The summed E-state index contributed by atoms with van der Waals surface area (Å²) in [6.45, 7) is 2.35. The first-order chi connectivity index (χ1) is 10.9. The van der Waals surface area contributed by atoms with E-state index in [2.05, 4.69) is 72.5 Å². The molecule has 4 rings (SSSR count). The van der Waals surface area contributed by atoms with Crippen molar-refractivity contribution in [3.63, 3.8) is 0 Å². The van der Waals surface area contributed by atoms with Gasteiger partial charge in [0.25, 0.3) is 0 Å². The van der Waals surface area contributed by atoms with Crippen LogP contribution in [-0.2, 0) is 0 Å². The van der Waals surface area contributed by atoms with Crippen LogP contribution in [0.25, 0.3) is 0 Å². The van der Waals surface area contributed by atoms with Gasteiger partial charge in [0.2, 0.25) is 0 Å². The number of hydrogen-bond donors (Lipinski definition) is 0. The molecule has 2 aliphatic heterocycles. The average Bonchev–Trinajstić information content (AvgIpc) is 3.16. The fraction of sp³-hybridized carbons (Fsp3) is 0.429. The third kappa shape index (κ3) is 2.28. The zero-order valence-electron chi connectivity index (χ0n) is 13.4. The molecule has 0 unspecified atom stereocenters. The summed E-state index contributed by atoms with van der Waals surface area (Å²) in [4.78, 5) is 2.85. The highest BCUT2D eigenvalue weighted by atomic mass is 15.3. The molecule has 2 aromatic rings. The van der Waals surface area contributed by atoms with Crippen molar-refractivity contribution in [2.24, 2.45) is 0 Å². The van der Waals surface area contributed by atoms with Crippen molar-refractivity contribution in [3.05, 3.63) is 71.8 Å². The molecule has 1 nitrogen and oxygen atoms in total. The van der Waals surface area contributed by atoms with Crippen molar-refractivity contribution in [3.8, 4) is 0 Å². The fourth-order valence-corrected chi connectivity index (χ4v) is 4.80. The summed E-state index contributed by atoms with van der Waals surface area (Å²) in [6, 6.07) is 24.4. The van der Waals surface area contributed by atoms with Gasteiger partial charge < -0.3 is 0 Å². The molecule has 0 spiro atoms. The van der Waals surface area contributed by atoms with Crippen LogP contribution in [0, 0.1) is 0 Å². The van der Waals surface area contributed by atoms with Crippen LogP contribution in [0.5, 0.6) is 0 Å². The van der Waals surface area contributed by atoms with Crippen molar-refractivity contribution < 1.29 is 0 Å². The number of hydrogen-bond acceptors (Lipinski definition) is 1. The summed E-state index contributed by atoms with van der Waals surface area (Å²) >= 11 is 0. The van der Waals surface area contributed by atoms with Crippen LogP contribution in [0.15, 0.2) is 60.7 Å². The minimum atomic E-state index is 0.601. The van der Waals surface area contributed by atoms with E-state index in [1.54, 1.807) is 0 Å². The maximum absolute atomic E-state index is 2.85. The first kappa shape index (κ1) is 14.0. The summed E-state index contributed by atoms with van der Waals surface area (Å²) < 4.78 is 0. The smallest absolute Gasteiger partial charge is 0.0360 e. The van der Waals surface area contributed by atoms with E-state index in [0.29, 0.717) is 12.0 Å². The Bertz CT molecular complexity index is 606. The molecule has 2 aromatic carbocycles. The van der Waals surface area contributed by atoms with Gasteiger partial charge in [0.05, 0.1) is 0 Å². The van der Waals surface area contributed by atoms with Gasteiger partial charge in [-0.2, -0.15) is 0 Å². The zero-order chi connectivity index (χ0) is 14.9. The van der Waals surface area contributed by atoms with Gasteiger partial charge in [-0.3, -0.25) is 4.90 Å². The van der Waals surface area contributed by atoms with Crippen LogP contribution < -0.4 is 0 Å². The second kappa shape index (κ2) is 5.89. The Morgan fingerprint density at radius 2 is 1.50 bits per heavy atom. The normalized spacial score (nSPS) is 31.3. The summed E-state index contributed by atoms with van der Waals surface area (Å²) in [7, 11) is 0. The van der Waals surface area contributed by atoms with Gasteiger partial charge in [0, 0.05) is 24.0 Å². The minimum absolute atomic E-state index is 0.601. The lowest BCUT2D eigenvalue weighted by molar-refractivity contribution is 0.175. The molecule has 0 amide bonds. The molecule has 0 bridgehead atoms. The van der Waals surface area contributed by atoms with E-state index < -0.39 is 0 Å². The highest BCUT2D eigenvalue weighted by Crippen LogP contribution is 2.51. The number of rotatable bonds is 3. The van der Waals surface area contributed by atoms with E-state index in [1.807, 2.05) is 0 Å². The second-order valence-electron chi connectivity index (χ2n) is 6.83. The van der Waals surface area contributed by atoms with E-state index in [9.17, 15) is 0 Å². The molecule has 0 aliphatic carbocycles. The molecule has 0 aromatic heterocycles. The van der Waals surface area contributed by atoms with Crippen molar-refractivity contribution in [1.82, 2.24) is 4.90 Å². The molecule has 2 saturated heterocycles. The molecule has 2 heterocycles. The van der Waals surface area contributed by atoms with Gasteiger partial charge in [-0.15, -0.1) is 0 Å². The number of fused-ring (bicyclic) bond motifs is 1. The van der Waals surface area contributed by atoms with Crippen LogP contribution in [0.3, 0.4) is 0 Å². The molecule has 4 atom stereocenters. The van der Waals surface area contributed by atoms with E-state index in [-0.39, 0.29) is 0 Å². The zero-order valence-corrected chi connectivity index (χ0v) is 13.4. The Morgan fingerprint density at radius 1 is 0.864 bits per heavy atom. The van der Waals surface area contributed by atoms with Gasteiger partial charge >= 0.3 is 0 Å². The van der Waals surface area contributed by atoms with Gasteiger partial charge in [-0.25, -0.2) is 0 Å². The molecule has 2 aliphatic rings. The van der Waals surface area contributed by atoms with Crippen molar-refractivity contribution >= 4 is 0 Å². The highest BCUT2D eigenvalue weighted by Gasteiger charge is 2.48. The molecule has 0 radical (unpaired) electrons. The predicted octanol–water partition coefficient (Wildman–Crippen LogP) is 5.16. The van der Waals surface area contributed by atoms with Crippen molar-refractivity contribution in [2.75, 3.05) is 0 Å². The lowest BCUT2D eigenvalue weighted by Crippen LogP contribution is -2.34. The van der Waals surface area contributed by atoms with Crippen LogP contribution in [0.1, 0.15) is 55.7 Å². The third-order valence-corrected chi connectivity index (χ3v) is 5.79. The Balaban J connectivity index is 1.70. The Kier molecular flexibility index (Phi) is 3.75. The van der Waals surface area contributed by atoms with Gasteiger partial charge in [-0.1, -0.05) is 67.6 Å². The minimum Gasteiger partial charge on any atom is -0.290 e. The van der Waals surface area contributed by atoms with E-state index in [1.165, 1.54) is 36.8 Å². The summed E-state index contributed by atoms with van der Waals surface area (Å²) in [5.74, 6) is 0.697. The lowest BCUT2D eigenvalue weighted by Gasteiger charge is -2.30. The van der Waals surface area contributed by atoms with E-state index >= 15 is 0 Å². The average molecular weight is 291 g/mol. The highest BCUT2D eigenvalue weighted by molar-refractivity contribution is 5.29. The number of benzene rings is 2. The quantitative estimate of drug-likeness (QED) is 0.755. The van der Waals surface area contributed by atoms with Crippen molar-refractivity contribution in [1.29, 1.82) is 0 Å². The topological polar surface area (TPSA) is 3.24 Å². The van der Waals surface area contributed by atoms with E-state index in [4.69, 9.17) is 0 Å². The third-order valence-electron chi connectivity index (χ3n) is 5.79. The van der Waals surface area contributed by atoms with Gasteiger partial charge in [0.15, 0.2) is 0 Å². The first-order valence-corrected chi connectivity index (χ1v) is 8.75. The molecule has 1 heteroatoms. The molecule has 114 valence electrons. The molecule has 0 N–H and O–H groups in total. The summed E-state index contributed by atoms with van der Waals surface area (Å²) in [5, 5.41) is 0. The fourth-order valence-electron chi connectivity index (χ4n) is 4.80. The first-order valence-electron chi connectivity index (χ1n) is 8.75. The van der Waals surface area contributed by atoms with Crippen LogP contribution in [0.2, 0.25) is 0 Å². The Hall–Kier alpha value is -1.60. The van der Waals surface area contributed by atoms with Gasteiger partial charge in [-0.05, 0) is 36.8 Å². The van der Waals surface area contributed by atoms with E-state index in [0.717, 1.165) is 12.1 Å². The van der Waals surface area contributed by atoms with Crippen molar-refractivity contribution in [2.45, 2.75) is 56.7 Å². The van der Waals surface area contributed by atoms with Crippen LogP contribution >= 0.6 is 0 Å². The Labute approximate surface area is 134 Å². The molecule has 22 heavy (non-hydrogen) atoms. The maximum Gasteiger partial charge on any atom is 0.0360 e. The SMILES string of the molecule is CC[C@H]1CC[C@@H]2[C@@H](c3ccccc3)C[C@@H](c3ccccc3)N12. The summed E-state index contributed by atoms with van der Waals surface area (Å²) in [6.07, 6.45) is 5.28. The largest absolute Gasteiger partial charge is 0.290 e. The number of nitrogens with zero attached hydrogens (tertiary/aromatic N) is 1. The molecule has 0 saturated carbocycles. The maximum atomic E-state index is 2.85. The molecular formula is C21H25N. The monoisotopic (exact) mass is 291 g/mol.